The van der Waals surface area contributed by atoms with Crippen molar-refractivity contribution in [1.82, 2.24) is 4.58 Å². The summed E-state index contributed by atoms with van der Waals surface area (Å²) in [5, 5.41) is 11.4. The van der Waals surface area contributed by atoms with Gasteiger partial charge in [-0.3, -0.25) is 4.79 Å². The van der Waals surface area contributed by atoms with E-state index >= 15 is 0 Å². The highest BCUT2D eigenvalue weighted by atomic mass is 16.3. The highest BCUT2D eigenvalue weighted by Crippen LogP contribution is 2.47. The Morgan fingerprint density at radius 2 is 1.38 bits per heavy atom. The monoisotopic (exact) mass is 421 g/mol. The number of anilines is 1. The molecule has 0 saturated carbocycles. The molecule has 1 aliphatic rings. The molecule has 0 aromatic heterocycles. The summed E-state index contributed by atoms with van der Waals surface area (Å²) in [6.45, 7) is 4.29. The van der Waals surface area contributed by atoms with E-state index in [1.165, 1.54) is 5.56 Å². The summed E-state index contributed by atoms with van der Waals surface area (Å²) in [6.07, 6.45) is 1.84. The Kier molecular flexibility index (Phi) is 4.59. The summed E-state index contributed by atoms with van der Waals surface area (Å²) >= 11 is 0. The third-order valence-corrected chi connectivity index (χ3v) is 6.41. The van der Waals surface area contributed by atoms with Gasteiger partial charge >= 0.3 is 5.36 Å². The van der Waals surface area contributed by atoms with Crippen LogP contribution in [0.2, 0.25) is 0 Å². The third-order valence-electron chi connectivity index (χ3n) is 6.41. The number of rotatable bonds is 3. The first kappa shape index (κ1) is 20.0. The smallest absolute Gasteiger partial charge is 0.303 e. The van der Waals surface area contributed by atoms with Gasteiger partial charge in [0.25, 0.3) is 5.43 Å². The van der Waals surface area contributed by atoms with Gasteiger partial charge in [0.05, 0.1) is 5.56 Å². The molecule has 4 aromatic rings. The molecule has 0 bridgehead atoms. The quantitative estimate of drug-likeness (QED) is 0.482. The van der Waals surface area contributed by atoms with Crippen LogP contribution in [-0.4, -0.2) is 12.2 Å². The van der Waals surface area contributed by atoms with Crippen LogP contribution in [0.25, 0.3) is 6.08 Å². The van der Waals surface area contributed by atoms with Gasteiger partial charge in [-0.1, -0.05) is 68.4 Å². The van der Waals surface area contributed by atoms with Crippen LogP contribution in [0.15, 0.2) is 95.4 Å². The molecule has 1 aliphatic heterocycles. The van der Waals surface area contributed by atoms with Gasteiger partial charge in [-0.2, -0.15) is 0 Å². The molecule has 0 fully saturated rings. The van der Waals surface area contributed by atoms with Crippen LogP contribution in [0.3, 0.4) is 0 Å². The topological polar surface area (TPSA) is 43.5 Å². The van der Waals surface area contributed by atoms with Gasteiger partial charge in [-0.25, -0.2) is 0 Å². The Hall–Kier alpha value is -3.92. The molecule has 0 radical (unpaired) electrons. The molecular weight excluding hydrogens is 396 g/mol. The first-order valence-electron chi connectivity index (χ1n) is 10.7. The van der Waals surface area contributed by atoms with E-state index in [-0.39, 0.29) is 16.6 Å². The van der Waals surface area contributed by atoms with Crippen molar-refractivity contribution in [1.29, 1.82) is 0 Å². The predicted molar refractivity (Wildman–Crippen MR) is 130 cm³/mol. The summed E-state index contributed by atoms with van der Waals surface area (Å²) in [4.78, 5) is 15.5. The molecule has 158 valence electrons. The SMILES string of the molecule is CN1C(=Cc2c(O)c(=[N+](c3ccccc3)c3ccccc3)c2=O)C(C)(C)c2ccccc21. The van der Waals surface area contributed by atoms with Gasteiger partial charge < -0.3 is 10.0 Å². The van der Waals surface area contributed by atoms with E-state index < -0.39 is 0 Å². The number of fused-ring (bicyclic) bond motifs is 1. The zero-order valence-corrected chi connectivity index (χ0v) is 18.4. The first-order valence-corrected chi connectivity index (χ1v) is 10.7. The molecule has 0 atom stereocenters. The lowest BCUT2D eigenvalue weighted by molar-refractivity contribution is 0.454. The maximum atomic E-state index is 13.4. The van der Waals surface area contributed by atoms with Crippen molar-refractivity contribution in [2.45, 2.75) is 19.3 Å². The highest BCUT2D eigenvalue weighted by molar-refractivity contribution is 5.77. The summed E-state index contributed by atoms with van der Waals surface area (Å²) < 4.78 is 1.82. The number of para-hydroxylation sites is 3. The molecular formula is C28H25N2O2+. The van der Waals surface area contributed by atoms with Crippen LogP contribution in [0.1, 0.15) is 25.0 Å². The van der Waals surface area contributed by atoms with Crippen molar-refractivity contribution < 1.29 is 5.11 Å². The van der Waals surface area contributed by atoms with E-state index in [4.69, 9.17) is 0 Å². The number of allylic oxidation sites excluding steroid dienone is 1. The molecule has 1 N–H and O–H groups in total. The number of benzene rings is 3. The van der Waals surface area contributed by atoms with Crippen molar-refractivity contribution in [3.05, 3.63) is 117 Å². The number of likely N-dealkylation sites (N-methyl/N-ethyl adjacent to an activating group) is 1. The number of nitrogens with zero attached hydrogens (tertiary/aromatic N) is 2. The van der Waals surface area contributed by atoms with E-state index in [0.717, 1.165) is 22.8 Å². The van der Waals surface area contributed by atoms with Gasteiger partial charge in [0.15, 0.2) is 0 Å². The second-order valence-corrected chi connectivity index (χ2v) is 8.68. The zero-order chi connectivity index (χ0) is 22.5. The van der Waals surface area contributed by atoms with E-state index in [1.54, 1.807) is 0 Å². The van der Waals surface area contributed by atoms with Crippen LogP contribution in [0.5, 0.6) is 5.75 Å². The molecule has 0 unspecified atom stereocenters. The fourth-order valence-electron chi connectivity index (χ4n) is 4.71. The molecule has 4 heteroatoms. The normalized spacial score (nSPS) is 15.8. The van der Waals surface area contributed by atoms with Crippen LogP contribution < -0.4 is 20.3 Å². The lowest BCUT2D eigenvalue weighted by Crippen LogP contribution is -2.42. The van der Waals surface area contributed by atoms with Crippen LogP contribution in [0.4, 0.5) is 17.1 Å². The average Bonchev–Trinajstić information content (AvgIpc) is 3.02. The molecule has 0 spiro atoms. The van der Waals surface area contributed by atoms with Crippen molar-refractivity contribution in [2.24, 2.45) is 0 Å². The standard InChI is InChI=1S/C28H24N2O2/c1-28(2)22-16-10-11-17-23(22)29(3)24(28)18-21-26(31)25(27(21)32)30(19-12-6-4-7-13-19)20-14-8-5-9-15-20/h4-18H,1-3H3/p+1. The predicted octanol–water partition coefficient (Wildman–Crippen LogP) is 4.83. The van der Waals surface area contributed by atoms with Crippen LogP contribution >= 0.6 is 0 Å². The minimum absolute atomic E-state index is 0.0235. The first-order chi connectivity index (χ1) is 15.4. The maximum Gasteiger partial charge on any atom is 0.303 e. The Bertz CT molecular complexity index is 1380. The fraction of sp³-hybridized carbons (Fsp3) is 0.143. The average molecular weight is 422 g/mol. The minimum atomic E-state index is -0.271. The number of hydrogen-bond acceptors (Lipinski definition) is 3. The van der Waals surface area contributed by atoms with Crippen molar-refractivity contribution in [3.63, 3.8) is 0 Å². The van der Waals surface area contributed by atoms with Crippen molar-refractivity contribution in [2.75, 3.05) is 11.9 Å². The molecule has 1 heterocycles. The Morgan fingerprint density at radius 3 is 1.91 bits per heavy atom. The van der Waals surface area contributed by atoms with E-state index in [0.29, 0.717) is 10.9 Å². The number of hydrogen-bond donors (Lipinski definition) is 1. The van der Waals surface area contributed by atoms with E-state index in [2.05, 4.69) is 30.9 Å². The van der Waals surface area contributed by atoms with Gasteiger partial charge in [0.2, 0.25) is 17.1 Å². The van der Waals surface area contributed by atoms with E-state index in [9.17, 15) is 9.90 Å². The molecule has 4 nitrogen and oxygen atoms in total. The van der Waals surface area contributed by atoms with Crippen molar-refractivity contribution >= 4 is 23.1 Å². The van der Waals surface area contributed by atoms with Gasteiger partial charge in [0, 0.05) is 48.1 Å². The molecule has 0 aliphatic carbocycles. The van der Waals surface area contributed by atoms with Gasteiger partial charge in [0.1, 0.15) is 0 Å². The Morgan fingerprint density at radius 1 is 0.844 bits per heavy atom. The molecule has 4 aromatic carbocycles. The largest absolute Gasteiger partial charge is 0.502 e. The summed E-state index contributed by atoms with van der Waals surface area (Å²) in [6, 6.07) is 27.5. The summed E-state index contributed by atoms with van der Waals surface area (Å²) in [5.74, 6) is 0.0235. The van der Waals surface area contributed by atoms with Crippen LogP contribution in [0, 0.1) is 0 Å². The maximum absolute atomic E-state index is 13.4. The molecule has 0 saturated heterocycles. The third kappa shape index (κ3) is 2.91. The number of aromatic hydroxyl groups is 1. The van der Waals surface area contributed by atoms with Crippen molar-refractivity contribution in [3.8, 4) is 5.75 Å². The van der Waals surface area contributed by atoms with E-state index in [1.807, 2.05) is 90.5 Å². The fourth-order valence-corrected chi connectivity index (χ4v) is 4.71. The highest BCUT2D eigenvalue weighted by Gasteiger charge is 2.39. The molecule has 5 rings (SSSR count). The molecule has 32 heavy (non-hydrogen) atoms. The van der Waals surface area contributed by atoms with Gasteiger partial charge in [-0.15, -0.1) is 4.58 Å². The lowest BCUT2D eigenvalue weighted by Gasteiger charge is -2.24. The summed E-state index contributed by atoms with van der Waals surface area (Å²) in [7, 11) is 2.00. The second-order valence-electron chi connectivity index (χ2n) is 8.68. The van der Waals surface area contributed by atoms with Gasteiger partial charge in [-0.05, 0) is 17.7 Å². The summed E-state index contributed by atoms with van der Waals surface area (Å²) in [5.41, 5.74) is 4.88. The second kappa shape index (κ2) is 7.34. The van der Waals surface area contributed by atoms with Crippen LogP contribution in [-0.2, 0) is 5.41 Å². The molecule has 0 amide bonds. The Balaban J connectivity index is 1.71. The lowest BCUT2D eigenvalue weighted by atomic mass is 9.83. The minimum Gasteiger partial charge on any atom is -0.502 e. The Labute approximate surface area is 187 Å². The zero-order valence-electron chi connectivity index (χ0n) is 18.4.